The van der Waals surface area contributed by atoms with Crippen LogP contribution in [0.2, 0.25) is 5.02 Å². The third-order valence-electron chi connectivity index (χ3n) is 2.12. The number of rotatable bonds is 4. The van der Waals surface area contributed by atoms with Crippen LogP contribution in [-0.2, 0) is 22.6 Å². The van der Waals surface area contributed by atoms with Gasteiger partial charge >= 0.3 is 5.97 Å². The molecule has 1 aromatic rings. The Kier molecular flexibility index (Phi) is 4.63. The van der Waals surface area contributed by atoms with Gasteiger partial charge in [-0.1, -0.05) is 11.6 Å². The summed E-state index contributed by atoms with van der Waals surface area (Å²) in [4.78, 5) is 21.1. The molecule has 0 aromatic heterocycles. The van der Waals surface area contributed by atoms with Crippen molar-refractivity contribution in [1.82, 2.24) is 0 Å². The van der Waals surface area contributed by atoms with Crippen LogP contribution in [0, 0.1) is 21.4 Å². The Balaban J connectivity index is 3.25. The van der Waals surface area contributed by atoms with Gasteiger partial charge in [-0.15, -0.1) is 0 Å². The number of hydrogen-bond acceptors (Lipinski definition) is 5. The Labute approximate surface area is 108 Å². The minimum atomic E-state index is -0.609. The molecule has 6 nitrogen and oxygen atoms in total. The molecule has 0 radical (unpaired) electrons. The summed E-state index contributed by atoms with van der Waals surface area (Å²) in [7, 11) is 0. The van der Waals surface area contributed by atoms with Gasteiger partial charge < -0.3 is 4.74 Å². The molecular formula is C11H9ClN2O4. The van der Waals surface area contributed by atoms with Crippen LogP contribution in [0.15, 0.2) is 12.1 Å². The van der Waals surface area contributed by atoms with E-state index in [1.807, 2.05) is 6.07 Å². The van der Waals surface area contributed by atoms with Gasteiger partial charge in [0.15, 0.2) is 0 Å². The molecule has 0 saturated heterocycles. The average molecular weight is 269 g/mol. The summed E-state index contributed by atoms with van der Waals surface area (Å²) in [5.41, 5.74) is 0.146. The number of carbonyl (C=O) groups is 1. The molecule has 1 aromatic carbocycles. The number of nitro groups is 1. The van der Waals surface area contributed by atoms with Gasteiger partial charge in [0.05, 0.1) is 23.0 Å². The molecule has 0 bridgehead atoms. The zero-order valence-electron chi connectivity index (χ0n) is 9.47. The average Bonchev–Trinajstić information content (AvgIpc) is 2.25. The number of esters is 1. The maximum atomic E-state index is 11.0. The van der Waals surface area contributed by atoms with Crippen molar-refractivity contribution in [1.29, 1.82) is 5.26 Å². The van der Waals surface area contributed by atoms with Crippen molar-refractivity contribution in [3.05, 3.63) is 38.4 Å². The van der Waals surface area contributed by atoms with Gasteiger partial charge in [0, 0.05) is 17.5 Å². The Morgan fingerprint density at radius 1 is 1.56 bits per heavy atom. The Bertz CT molecular complexity index is 537. The van der Waals surface area contributed by atoms with Crippen molar-refractivity contribution in [2.45, 2.75) is 20.0 Å². The molecule has 0 saturated carbocycles. The normalized spacial score (nSPS) is 9.61. The maximum Gasteiger partial charge on any atom is 0.302 e. The van der Waals surface area contributed by atoms with Crippen LogP contribution >= 0.6 is 11.6 Å². The lowest BCUT2D eigenvalue weighted by Gasteiger charge is -2.07. The Hall–Kier alpha value is -2.13. The quantitative estimate of drug-likeness (QED) is 0.475. The van der Waals surface area contributed by atoms with Crippen molar-refractivity contribution >= 4 is 23.3 Å². The van der Waals surface area contributed by atoms with E-state index >= 15 is 0 Å². The second-order valence-corrected chi connectivity index (χ2v) is 3.88. The van der Waals surface area contributed by atoms with E-state index in [0.717, 1.165) is 0 Å². The smallest absolute Gasteiger partial charge is 0.302 e. The zero-order valence-corrected chi connectivity index (χ0v) is 10.2. The largest absolute Gasteiger partial charge is 0.461 e. The minimum Gasteiger partial charge on any atom is -0.461 e. The van der Waals surface area contributed by atoms with E-state index in [4.69, 9.17) is 21.6 Å². The third-order valence-corrected chi connectivity index (χ3v) is 2.33. The zero-order chi connectivity index (χ0) is 13.7. The molecule has 7 heteroatoms. The molecule has 18 heavy (non-hydrogen) atoms. The molecule has 0 fully saturated rings. The number of carbonyl (C=O) groups excluding carboxylic acids is 1. The van der Waals surface area contributed by atoms with Crippen molar-refractivity contribution in [3.63, 3.8) is 0 Å². The molecule has 0 aliphatic carbocycles. The predicted molar refractivity (Wildman–Crippen MR) is 62.9 cm³/mol. The molecule has 94 valence electrons. The summed E-state index contributed by atoms with van der Waals surface area (Å²) in [5.74, 6) is -0.550. The summed E-state index contributed by atoms with van der Waals surface area (Å²) < 4.78 is 4.72. The third kappa shape index (κ3) is 3.43. The van der Waals surface area contributed by atoms with Crippen LogP contribution in [0.25, 0.3) is 0 Å². The molecule has 0 heterocycles. The van der Waals surface area contributed by atoms with Gasteiger partial charge in [-0.05, 0) is 12.1 Å². The molecule has 0 amide bonds. The number of nitriles is 1. The molecule has 0 aliphatic heterocycles. The minimum absolute atomic E-state index is 0.135. The Morgan fingerprint density at radius 2 is 2.17 bits per heavy atom. The van der Waals surface area contributed by atoms with Crippen LogP contribution in [0.5, 0.6) is 0 Å². The SMILES string of the molecule is CC(=O)OCc1cc(Cl)cc(CC#N)c1[N+](=O)[O-]. The maximum absolute atomic E-state index is 11.0. The van der Waals surface area contributed by atoms with Gasteiger partial charge in [-0.2, -0.15) is 5.26 Å². The fourth-order valence-electron chi connectivity index (χ4n) is 1.46. The number of benzene rings is 1. The van der Waals surface area contributed by atoms with E-state index < -0.39 is 10.9 Å². The first-order valence-corrected chi connectivity index (χ1v) is 5.29. The summed E-state index contributed by atoms with van der Waals surface area (Å²) in [6.45, 7) is 0.956. The highest BCUT2D eigenvalue weighted by molar-refractivity contribution is 6.30. The highest BCUT2D eigenvalue weighted by Crippen LogP contribution is 2.29. The fourth-order valence-corrected chi connectivity index (χ4v) is 1.72. The lowest BCUT2D eigenvalue weighted by atomic mass is 10.1. The number of nitro benzene ring substituents is 1. The first kappa shape index (κ1) is 13.9. The standard InChI is InChI=1S/C11H9ClN2O4/c1-7(15)18-6-9-5-10(12)4-8(2-3-13)11(9)14(16)17/h4-5H,2,6H2,1H3. The summed E-state index contributed by atoms with van der Waals surface area (Å²) in [6, 6.07) is 4.54. The van der Waals surface area contributed by atoms with Gasteiger partial charge in [0.1, 0.15) is 6.61 Å². The topological polar surface area (TPSA) is 93.2 Å². The summed E-state index contributed by atoms with van der Waals surface area (Å²) in [6.07, 6.45) is -0.135. The van der Waals surface area contributed by atoms with Gasteiger partial charge in [0.2, 0.25) is 0 Å². The van der Waals surface area contributed by atoms with Crippen LogP contribution < -0.4 is 0 Å². The van der Waals surface area contributed by atoms with E-state index in [2.05, 4.69) is 0 Å². The van der Waals surface area contributed by atoms with E-state index in [-0.39, 0.29) is 34.9 Å². The van der Waals surface area contributed by atoms with Crippen molar-refractivity contribution in [3.8, 4) is 6.07 Å². The number of halogens is 1. The van der Waals surface area contributed by atoms with Gasteiger partial charge in [-0.25, -0.2) is 0 Å². The first-order valence-electron chi connectivity index (χ1n) is 4.91. The second kappa shape index (κ2) is 5.98. The number of hydrogen-bond donors (Lipinski definition) is 0. The van der Waals surface area contributed by atoms with E-state index in [0.29, 0.717) is 0 Å². The van der Waals surface area contributed by atoms with Crippen LogP contribution in [0.3, 0.4) is 0 Å². The number of ether oxygens (including phenoxy) is 1. The number of nitrogens with zero attached hydrogens (tertiary/aromatic N) is 2. The molecular weight excluding hydrogens is 260 g/mol. The second-order valence-electron chi connectivity index (χ2n) is 3.44. The molecule has 0 unspecified atom stereocenters. The van der Waals surface area contributed by atoms with Crippen LogP contribution in [-0.4, -0.2) is 10.9 Å². The van der Waals surface area contributed by atoms with E-state index in [1.54, 1.807) is 0 Å². The lowest BCUT2D eigenvalue weighted by Crippen LogP contribution is -2.05. The van der Waals surface area contributed by atoms with Crippen molar-refractivity contribution in [2.24, 2.45) is 0 Å². The monoisotopic (exact) mass is 268 g/mol. The molecule has 1 rings (SSSR count). The van der Waals surface area contributed by atoms with Crippen LogP contribution in [0.4, 0.5) is 5.69 Å². The first-order chi connectivity index (χ1) is 8.45. The van der Waals surface area contributed by atoms with Gasteiger partial charge in [0.25, 0.3) is 5.69 Å². The fraction of sp³-hybridized carbons (Fsp3) is 0.273. The summed E-state index contributed by atoms with van der Waals surface area (Å²) >= 11 is 5.81. The van der Waals surface area contributed by atoms with Crippen molar-refractivity contribution < 1.29 is 14.5 Å². The molecule has 0 spiro atoms. The predicted octanol–water partition coefficient (Wildman–Crippen LogP) is 2.38. The molecule has 0 aliphatic rings. The Morgan fingerprint density at radius 3 is 2.67 bits per heavy atom. The molecule has 0 atom stereocenters. The lowest BCUT2D eigenvalue weighted by molar-refractivity contribution is -0.386. The van der Waals surface area contributed by atoms with E-state index in [1.165, 1.54) is 19.1 Å². The molecule has 0 N–H and O–H groups in total. The highest BCUT2D eigenvalue weighted by atomic mass is 35.5. The van der Waals surface area contributed by atoms with E-state index in [9.17, 15) is 14.9 Å². The summed E-state index contributed by atoms with van der Waals surface area (Å²) in [5, 5.41) is 19.9. The van der Waals surface area contributed by atoms with Gasteiger partial charge in [-0.3, -0.25) is 14.9 Å². The highest BCUT2D eigenvalue weighted by Gasteiger charge is 2.21. The van der Waals surface area contributed by atoms with Crippen molar-refractivity contribution in [2.75, 3.05) is 0 Å². The van der Waals surface area contributed by atoms with Crippen LogP contribution in [0.1, 0.15) is 18.1 Å².